The first-order valence-corrected chi connectivity index (χ1v) is 11.7. The highest BCUT2D eigenvalue weighted by Crippen LogP contribution is 2.40. The van der Waals surface area contributed by atoms with Crippen LogP contribution in [-0.4, -0.2) is 31.7 Å². The topological polar surface area (TPSA) is 92.0 Å². The zero-order valence-electron chi connectivity index (χ0n) is 19.2. The van der Waals surface area contributed by atoms with Gasteiger partial charge in [0, 0.05) is 38.9 Å². The Hall–Kier alpha value is -3.45. The van der Waals surface area contributed by atoms with E-state index in [0.29, 0.717) is 32.3 Å². The minimum Gasteiger partial charge on any atom is -0.434 e. The molecule has 0 aliphatic heterocycles. The van der Waals surface area contributed by atoms with Crippen molar-refractivity contribution in [2.45, 2.75) is 26.4 Å². The molecule has 0 atom stereocenters. The van der Waals surface area contributed by atoms with E-state index in [4.69, 9.17) is 32.6 Å². The van der Waals surface area contributed by atoms with Crippen LogP contribution < -0.4 is 0 Å². The van der Waals surface area contributed by atoms with Gasteiger partial charge in [-0.2, -0.15) is 5.10 Å². The quantitative estimate of drug-likeness (QED) is 0.248. The van der Waals surface area contributed by atoms with Gasteiger partial charge in [-0.15, -0.1) is 0 Å². The van der Waals surface area contributed by atoms with Crippen molar-refractivity contribution in [2.24, 2.45) is 0 Å². The van der Waals surface area contributed by atoms with E-state index in [1.54, 1.807) is 31.5 Å². The molecule has 2 aromatic carbocycles. The number of nitrogens with zero attached hydrogens (tertiary/aromatic N) is 2. The summed E-state index contributed by atoms with van der Waals surface area (Å²) in [7, 11) is 0. The third-order valence-corrected chi connectivity index (χ3v) is 6.47. The van der Waals surface area contributed by atoms with Crippen molar-refractivity contribution in [3.63, 3.8) is 0 Å². The van der Waals surface area contributed by atoms with Gasteiger partial charge in [0.05, 0.1) is 16.9 Å². The highest BCUT2D eigenvalue weighted by molar-refractivity contribution is 6.34. The van der Waals surface area contributed by atoms with Crippen LogP contribution in [0.4, 0.5) is 0 Å². The number of hydrogen-bond acceptors (Lipinski definition) is 5. The smallest absolute Gasteiger partial charge is 0.229 e. The van der Waals surface area contributed by atoms with Gasteiger partial charge in [-0.1, -0.05) is 47.5 Å². The lowest BCUT2D eigenvalue weighted by Gasteiger charge is -2.13. The second-order valence-electron chi connectivity index (χ2n) is 8.87. The second kappa shape index (κ2) is 8.64. The summed E-state index contributed by atoms with van der Waals surface area (Å²) >= 11 is 12.9. The first kappa shape index (κ1) is 23.3. The van der Waals surface area contributed by atoms with Crippen molar-refractivity contribution in [3.05, 3.63) is 82.3 Å². The fourth-order valence-corrected chi connectivity index (χ4v) is 4.38. The summed E-state index contributed by atoms with van der Waals surface area (Å²) in [5, 5.41) is 18.8. The minimum absolute atomic E-state index is 0.0839. The van der Waals surface area contributed by atoms with Crippen LogP contribution in [0.2, 0.25) is 10.0 Å². The summed E-state index contributed by atoms with van der Waals surface area (Å²) in [6.45, 7) is 4.65. The van der Waals surface area contributed by atoms with Crippen LogP contribution in [0.5, 0.6) is 0 Å². The van der Waals surface area contributed by atoms with Gasteiger partial charge in [-0.05, 0) is 56.2 Å². The number of hydrogen-bond donors (Lipinski definition) is 2. The third kappa shape index (κ3) is 4.25. The second-order valence-corrected chi connectivity index (χ2v) is 9.71. The zero-order valence-corrected chi connectivity index (χ0v) is 20.7. The van der Waals surface area contributed by atoms with Gasteiger partial charge >= 0.3 is 0 Å². The monoisotopic (exact) mass is 505 g/mol. The molecule has 2 N–H and O–H groups in total. The Morgan fingerprint density at radius 1 is 1.00 bits per heavy atom. The predicted octanol–water partition coefficient (Wildman–Crippen LogP) is 7.12. The molecule has 176 valence electrons. The van der Waals surface area contributed by atoms with Crippen LogP contribution in [0.15, 0.2) is 65.3 Å². The van der Waals surface area contributed by atoms with E-state index in [0.717, 1.165) is 22.3 Å². The van der Waals surface area contributed by atoms with Crippen LogP contribution in [0.3, 0.4) is 0 Å². The summed E-state index contributed by atoms with van der Waals surface area (Å²) < 4.78 is 5.88. The Morgan fingerprint density at radius 2 is 1.71 bits per heavy atom. The number of nitrogens with one attached hydrogen (secondary N) is 1. The molecule has 5 aromatic rings. The number of furan rings is 1. The molecular formula is C27H21Cl2N3O3. The molecule has 0 aliphatic carbocycles. The van der Waals surface area contributed by atoms with Crippen LogP contribution >= 0.6 is 23.2 Å². The number of benzene rings is 2. The van der Waals surface area contributed by atoms with E-state index in [1.807, 2.05) is 36.4 Å². The number of rotatable bonds is 5. The highest BCUT2D eigenvalue weighted by Gasteiger charge is 2.31. The maximum absolute atomic E-state index is 12.8. The van der Waals surface area contributed by atoms with Crippen molar-refractivity contribution in [2.75, 3.05) is 0 Å². The number of carbonyl (C=O) groups is 1. The van der Waals surface area contributed by atoms with Gasteiger partial charge in [0.2, 0.25) is 11.5 Å². The third-order valence-electron chi connectivity index (χ3n) is 5.90. The van der Waals surface area contributed by atoms with Gasteiger partial charge in [-0.3, -0.25) is 9.89 Å². The standard InChI is InChI=1S/C27H21Cl2N3O3/c1-14-20-11-21(15-4-7-18(28)8-5-15)23(32-26(20)35-24(14)25(33)27(2,3)34)19-9-6-16(10-22(19)29)17-12-30-31-13-17/h4-13,34H,1-3H3,(H,30,31). The van der Waals surface area contributed by atoms with Crippen molar-refractivity contribution < 1.29 is 14.3 Å². The van der Waals surface area contributed by atoms with Gasteiger partial charge in [0.25, 0.3) is 0 Å². The number of aromatic nitrogens is 3. The molecule has 5 rings (SSSR count). The molecule has 0 bridgehead atoms. The van der Waals surface area contributed by atoms with Crippen LogP contribution in [0.25, 0.3) is 44.6 Å². The van der Waals surface area contributed by atoms with Crippen molar-refractivity contribution in [1.29, 1.82) is 0 Å². The SMILES string of the molecule is Cc1c(C(=O)C(C)(C)O)oc2nc(-c3ccc(-c4cn[nH]c4)cc3Cl)c(-c3ccc(Cl)cc3)cc12. The number of pyridine rings is 1. The molecule has 3 heterocycles. The number of carbonyl (C=O) groups excluding carboxylic acids is 1. The molecule has 6 nitrogen and oxygen atoms in total. The molecule has 0 aliphatic rings. The van der Waals surface area contributed by atoms with Crippen molar-refractivity contribution >= 4 is 40.1 Å². The Bertz CT molecular complexity index is 1560. The molecule has 35 heavy (non-hydrogen) atoms. The number of Topliss-reactive ketones (excluding diaryl/α,β-unsaturated/α-hetero) is 1. The lowest BCUT2D eigenvalue weighted by molar-refractivity contribution is 0.0460. The lowest BCUT2D eigenvalue weighted by atomic mass is 9.95. The van der Waals surface area contributed by atoms with E-state index < -0.39 is 11.4 Å². The van der Waals surface area contributed by atoms with E-state index in [2.05, 4.69) is 10.2 Å². The first-order chi connectivity index (χ1) is 16.6. The molecule has 8 heteroatoms. The highest BCUT2D eigenvalue weighted by atomic mass is 35.5. The first-order valence-electron chi connectivity index (χ1n) is 10.9. The van der Waals surface area contributed by atoms with Crippen LogP contribution in [0, 0.1) is 6.92 Å². The maximum atomic E-state index is 12.8. The number of halogens is 2. The van der Waals surface area contributed by atoms with E-state index in [-0.39, 0.29) is 11.5 Å². The largest absolute Gasteiger partial charge is 0.434 e. The number of aliphatic hydroxyl groups is 1. The molecule has 0 saturated heterocycles. The number of ketones is 1. The number of H-pyrrole nitrogens is 1. The molecule has 0 amide bonds. The maximum Gasteiger partial charge on any atom is 0.229 e. The average Bonchev–Trinajstić information content (AvgIpc) is 3.46. The van der Waals surface area contributed by atoms with E-state index in [9.17, 15) is 9.90 Å². The molecule has 0 fully saturated rings. The van der Waals surface area contributed by atoms with Crippen LogP contribution in [0.1, 0.15) is 30.0 Å². The number of fused-ring (bicyclic) bond motifs is 1. The summed E-state index contributed by atoms with van der Waals surface area (Å²) in [6, 6.07) is 15.1. The zero-order chi connectivity index (χ0) is 24.9. The molecule has 0 unspecified atom stereocenters. The molecule has 0 spiro atoms. The van der Waals surface area contributed by atoms with E-state index in [1.165, 1.54) is 13.8 Å². The Balaban J connectivity index is 1.75. The van der Waals surface area contributed by atoms with Crippen molar-refractivity contribution in [1.82, 2.24) is 15.2 Å². The Morgan fingerprint density at radius 3 is 2.34 bits per heavy atom. The number of aromatic amines is 1. The summed E-state index contributed by atoms with van der Waals surface area (Å²) in [6.07, 6.45) is 3.52. The average molecular weight is 506 g/mol. The fraction of sp³-hybridized carbons (Fsp3) is 0.148. The van der Waals surface area contributed by atoms with Gasteiger partial charge < -0.3 is 9.52 Å². The van der Waals surface area contributed by atoms with Gasteiger partial charge in [-0.25, -0.2) is 4.98 Å². The Kier molecular flexibility index (Phi) is 5.75. The van der Waals surface area contributed by atoms with Crippen molar-refractivity contribution in [3.8, 4) is 33.5 Å². The molecule has 0 radical (unpaired) electrons. The summed E-state index contributed by atoms with van der Waals surface area (Å²) in [5.41, 5.74) is 4.13. The summed E-state index contributed by atoms with van der Waals surface area (Å²) in [4.78, 5) is 17.6. The molecule has 3 aromatic heterocycles. The van der Waals surface area contributed by atoms with E-state index >= 15 is 0 Å². The lowest BCUT2D eigenvalue weighted by Crippen LogP contribution is -2.31. The number of aryl methyl sites for hydroxylation is 1. The molecule has 0 saturated carbocycles. The molecular weight excluding hydrogens is 485 g/mol. The summed E-state index contributed by atoms with van der Waals surface area (Å²) in [5.74, 6) is -0.425. The van der Waals surface area contributed by atoms with Gasteiger partial charge in [0.15, 0.2) is 5.76 Å². The van der Waals surface area contributed by atoms with Crippen LogP contribution in [-0.2, 0) is 0 Å². The fourth-order valence-electron chi connectivity index (χ4n) is 3.98. The Labute approximate surface area is 211 Å². The predicted molar refractivity (Wildman–Crippen MR) is 138 cm³/mol. The minimum atomic E-state index is -1.58. The normalized spacial score (nSPS) is 11.8. The van der Waals surface area contributed by atoms with Gasteiger partial charge in [0.1, 0.15) is 5.60 Å².